The second kappa shape index (κ2) is 6.96. The Morgan fingerprint density at radius 1 is 1.50 bits per heavy atom. The Bertz CT molecular complexity index is 407. The van der Waals surface area contributed by atoms with E-state index in [1.807, 2.05) is 20.8 Å². The summed E-state index contributed by atoms with van der Waals surface area (Å²) in [5, 5.41) is 12.1. The van der Waals surface area contributed by atoms with E-state index < -0.39 is 5.97 Å². The molecule has 100 valence electrons. The van der Waals surface area contributed by atoms with Crippen molar-refractivity contribution in [1.82, 2.24) is 4.98 Å². The first kappa shape index (κ1) is 14.4. The van der Waals surface area contributed by atoms with Crippen LogP contribution in [-0.2, 0) is 11.2 Å². The van der Waals surface area contributed by atoms with Gasteiger partial charge in [-0.15, -0.1) is 0 Å². The highest BCUT2D eigenvalue weighted by Gasteiger charge is 2.08. The lowest BCUT2D eigenvalue weighted by atomic mass is 10.2. The molecule has 1 unspecified atom stereocenters. The van der Waals surface area contributed by atoms with Gasteiger partial charge in [-0.25, -0.2) is 9.78 Å². The third-order valence-electron chi connectivity index (χ3n) is 2.51. The Morgan fingerprint density at radius 2 is 2.22 bits per heavy atom. The van der Waals surface area contributed by atoms with Crippen molar-refractivity contribution in [3.8, 4) is 0 Å². The quantitative estimate of drug-likeness (QED) is 0.778. The number of aryl methyl sites for hydroxylation is 1. The number of carboxylic acids is 1. The monoisotopic (exact) mass is 252 g/mol. The molecule has 0 fully saturated rings. The van der Waals surface area contributed by atoms with E-state index in [0.29, 0.717) is 25.4 Å². The first-order chi connectivity index (χ1) is 8.56. The number of nitrogens with one attached hydrogen (secondary N) is 1. The molecule has 5 nitrogen and oxygen atoms in total. The van der Waals surface area contributed by atoms with Crippen LogP contribution in [0.25, 0.3) is 0 Å². The molecule has 2 N–H and O–H groups in total. The predicted octanol–water partition coefficient (Wildman–Crippen LogP) is 2.18. The van der Waals surface area contributed by atoms with Gasteiger partial charge in [0.25, 0.3) is 0 Å². The molecule has 1 rings (SSSR count). The number of hydrogen-bond donors (Lipinski definition) is 2. The summed E-state index contributed by atoms with van der Waals surface area (Å²) in [5.41, 5.74) is 1.02. The molecular weight excluding hydrogens is 232 g/mol. The third kappa shape index (κ3) is 4.33. The minimum Gasteiger partial charge on any atom is -0.478 e. The summed E-state index contributed by atoms with van der Waals surface area (Å²) in [4.78, 5) is 15.3. The maximum Gasteiger partial charge on any atom is 0.335 e. The van der Waals surface area contributed by atoms with Gasteiger partial charge in [-0.1, -0.05) is 6.92 Å². The molecule has 0 spiro atoms. The molecule has 0 aromatic carbocycles. The van der Waals surface area contributed by atoms with Crippen molar-refractivity contribution < 1.29 is 14.6 Å². The molecule has 1 aromatic heterocycles. The average Bonchev–Trinajstić information content (AvgIpc) is 2.36. The zero-order chi connectivity index (χ0) is 13.5. The second-order valence-corrected chi connectivity index (χ2v) is 4.04. The van der Waals surface area contributed by atoms with Gasteiger partial charge in [0.05, 0.1) is 11.7 Å². The van der Waals surface area contributed by atoms with E-state index in [0.717, 1.165) is 5.69 Å². The topological polar surface area (TPSA) is 71.5 Å². The van der Waals surface area contributed by atoms with E-state index in [2.05, 4.69) is 10.3 Å². The van der Waals surface area contributed by atoms with Gasteiger partial charge in [0, 0.05) is 18.8 Å². The minimum atomic E-state index is -0.937. The maximum absolute atomic E-state index is 11.0. The summed E-state index contributed by atoms with van der Waals surface area (Å²) >= 11 is 0. The van der Waals surface area contributed by atoms with Crippen molar-refractivity contribution in [3.63, 3.8) is 0 Å². The molecular formula is C13H20N2O3. The Morgan fingerprint density at radius 3 is 2.78 bits per heavy atom. The Labute approximate surface area is 107 Å². The zero-order valence-corrected chi connectivity index (χ0v) is 11.1. The molecule has 0 saturated carbocycles. The molecule has 0 aliphatic heterocycles. The van der Waals surface area contributed by atoms with Gasteiger partial charge < -0.3 is 15.2 Å². The fraction of sp³-hybridized carbons (Fsp3) is 0.538. The number of hydrogen-bond acceptors (Lipinski definition) is 4. The smallest absolute Gasteiger partial charge is 0.335 e. The number of ether oxygens (including phenoxy) is 1. The van der Waals surface area contributed by atoms with E-state index >= 15 is 0 Å². The van der Waals surface area contributed by atoms with Crippen molar-refractivity contribution >= 4 is 11.8 Å². The Hall–Kier alpha value is -1.62. The van der Waals surface area contributed by atoms with Gasteiger partial charge in [0.1, 0.15) is 5.82 Å². The molecule has 0 saturated heterocycles. The lowest BCUT2D eigenvalue weighted by Crippen LogP contribution is -2.20. The largest absolute Gasteiger partial charge is 0.478 e. The summed E-state index contributed by atoms with van der Waals surface area (Å²) in [5.74, 6) is -0.355. The molecule has 1 atom stereocenters. The van der Waals surface area contributed by atoms with Gasteiger partial charge in [-0.05, 0) is 32.4 Å². The predicted molar refractivity (Wildman–Crippen MR) is 70.2 cm³/mol. The van der Waals surface area contributed by atoms with Gasteiger partial charge in [0.15, 0.2) is 0 Å². The molecule has 0 bridgehead atoms. The average molecular weight is 252 g/mol. The van der Waals surface area contributed by atoms with Gasteiger partial charge >= 0.3 is 5.97 Å². The van der Waals surface area contributed by atoms with E-state index in [9.17, 15) is 4.79 Å². The highest BCUT2D eigenvalue weighted by molar-refractivity contribution is 5.88. The molecule has 1 heterocycles. The highest BCUT2D eigenvalue weighted by Crippen LogP contribution is 2.11. The van der Waals surface area contributed by atoms with E-state index in [1.54, 1.807) is 12.1 Å². The number of rotatable bonds is 7. The molecule has 0 radical (unpaired) electrons. The highest BCUT2D eigenvalue weighted by atomic mass is 16.5. The van der Waals surface area contributed by atoms with Gasteiger partial charge in [-0.2, -0.15) is 0 Å². The van der Waals surface area contributed by atoms with E-state index in [4.69, 9.17) is 9.84 Å². The van der Waals surface area contributed by atoms with Crippen molar-refractivity contribution in [3.05, 3.63) is 23.4 Å². The van der Waals surface area contributed by atoms with Crippen LogP contribution in [0.3, 0.4) is 0 Å². The number of carboxylic acid groups (broad SMARTS) is 1. The second-order valence-electron chi connectivity index (χ2n) is 4.04. The van der Waals surface area contributed by atoms with Crippen LogP contribution in [0, 0.1) is 0 Å². The van der Waals surface area contributed by atoms with E-state index in [1.165, 1.54) is 0 Å². The standard InChI is InChI=1S/C13H20N2O3/c1-4-11-6-10(13(16)17)7-12(15-11)14-8-9(3)18-5-2/h6-7,9H,4-5,8H2,1-3H3,(H,14,15)(H,16,17). The third-order valence-corrected chi connectivity index (χ3v) is 2.51. The van der Waals surface area contributed by atoms with Crippen molar-refractivity contribution in [2.45, 2.75) is 33.3 Å². The van der Waals surface area contributed by atoms with Gasteiger partial charge in [-0.3, -0.25) is 0 Å². The first-order valence-electron chi connectivity index (χ1n) is 6.16. The van der Waals surface area contributed by atoms with Crippen LogP contribution in [0.15, 0.2) is 12.1 Å². The van der Waals surface area contributed by atoms with Crippen LogP contribution in [0.1, 0.15) is 36.8 Å². The summed E-state index contributed by atoms with van der Waals surface area (Å²) in [6, 6.07) is 3.14. The summed E-state index contributed by atoms with van der Waals surface area (Å²) in [6.45, 7) is 7.10. The summed E-state index contributed by atoms with van der Waals surface area (Å²) in [6.07, 6.45) is 0.770. The Balaban J connectivity index is 2.75. The van der Waals surface area contributed by atoms with Crippen LogP contribution >= 0.6 is 0 Å². The molecule has 0 aliphatic rings. The number of anilines is 1. The number of aromatic carboxylic acids is 1. The van der Waals surface area contributed by atoms with Crippen LogP contribution in [0.4, 0.5) is 5.82 Å². The number of pyridine rings is 1. The fourth-order valence-corrected chi connectivity index (χ4v) is 1.57. The van der Waals surface area contributed by atoms with Gasteiger partial charge in [0.2, 0.25) is 0 Å². The molecule has 0 amide bonds. The summed E-state index contributed by atoms with van der Waals surface area (Å²) < 4.78 is 5.39. The van der Waals surface area contributed by atoms with Crippen LogP contribution in [-0.4, -0.2) is 35.3 Å². The van der Waals surface area contributed by atoms with E-state index in [-0.39, 0.29) is 11.7 Å². The Kier molecular flexibility index (Phi) is 5.58. The van der Waals surface area contributed by atoms with Crippen LogP contribution in [0.2, 0.25) is 0 Å². The van der Waals surface area contributed by atoms with Crippen LogP contribution < -0.4 is 5.32 Å². The number of aromatic nitrogens is 1. The van der Waals surface area contributed by atoms with Crippen molar-refractivity contribution in [2.24, 2.45) is 0 Å². The normalized spacial score (nSPS) is 12.2. The zero-order valence-electron chi connectivity index (χ0n) is 11.1. The fourth-order valence-electron chi connectivity index (χ4n) is 1.57. The number of carbonyl (C=O) groups is 1. The molecule has 1 aromatic rings. The molecule has 0 aliphatic carbocycles. The lowest BCUT2D eigenvalue weighted by Gasteiger charge is -2.14. The summed E-state index contributed by atoms with van der Waals surface area (Å²) in [7, 11) is 0. The SMILES string of the molecule is CCOC(C)CNc1cc(C(=O)O)cc(CC)n1. The molecule has 5 heteroatoms. The minimum absolute atomic E-state index is 0.0651. The maximum atomic E-state index is 11.0. The molecule has 18 heavy (non-hydrogen) atoms. The number of nitrogens with zero attached hydrogens (tertiary/aromatic N) is 1. The van der Waals surface area contributed by atoms with Crippen molar-refractivity contribution in [2.75, 3.05) is 18.5 Å². The lowest BCUT2D eigenvalue weighted by molar-refractivity contribution is 0.0696. The van der Waals surface area contributed by atoms with Crippen molar-refractivity contribution in [1.29, 1.82) is 0 Å². The first-order valence-corrected chi connectivity index (χ1v) is 6.16. The van der Waals surface area contributed by atoms with Crippen LogP contribution in [0.5, 0.6) is 0 Å².